The van der Waals surface area contributed by atoms with Crippen LogP contribution in [0.4, 0.5) is 0 Å². The fourth-order valence-electron chi connectivity index (χ4n) is 3.24. The summed E-state index contributed by atoms with van der Waals surface area (Å²) in [6.45, 7) is 7.93. The maximum atomic E-state index is 4.25. The minimum Gasteiger partial charge on any atom is -0.317 e. The Kier molecular flexibility index (Phi) is 2.67. The van der Waals surface area contributed by atoms with E-state index in [2.05, 4.69) is 38.7 Å². The number of fused-ring (bicyclic) bond motifs is 1. The van der Waals surface area contributed by atoms with Crippen LogP contribution in [0.2, 0.25) is 0 Å². The van der Waals surface area contributed by atoms with Crippen molar-refractivity contribution in [1.29, 1.82) is 0 Å². The summed E-state index contributed by atoms with van der Waals surface area (Å²) in [7, 11) is 4.28. The molecule has 2 aliphatic rings. The zero-order valence-corrected chi connectivity index (χ0v) is 10.9. The summed E-state index contributed by atoms with van der Waals surface area (Å²) in [6, 6.07) is 0. The van der Waals surface area contributed by atoms with Crippen molar-refractivity contribution in [1.82, 2.24) is 24.6 Å². The van der Waals surface area contributed by atoms with E-state index >= 15 is 0 Å². The van der Waals surface area contributed by atoms with Crippen LogP contribution in [-0.2, 0) is 13.6 Å². The highest BCUT2D eigenvalue weighted by Gasteiger charge is 2.38. The van der Waals surface area contributed by atoms with E-state index in [0.29, 0.717) is 0 Å². The average molecular weight is 235 g/mol. The van der Waals surface area contributed by atoms with E-state index in [1.165, 1.54) is 26.2 Å². The molecule has 0 saturated carbocycles. The lowest BCUT2D eigenvalue weighted by Crippen LogP contribution is -2.27. The third kappa shape index (κ3) is 1.98. The molecular weight excluding hydrogens is 214 g/mol. The first-order chi connectivity index (χ1) is 8.13. The summed E-state index contributed by atoms with van der Waals surface area (Å²) >= 11 is 0. The summed E-state index contributed by atoms with van der Waals surface area (Å²) in [5.74, 6) is 3.83. The van der Waals surface area contributed by atoms with Crippen LogP contribution in [0.25, 0.3) is 0 Å². The molecule has 1 aromatic heterocycles. The molecule has 5 heteroatoms. The number of rotatable bonds is 2. The molecule has 3 rings (SSSR count). The maximum absolute atomic E-state index is 4.25. The van der Waals surface area contributed by atoms with Gasteiger partial charge in [-0.25, -0.2) is 0 Å². The third-order valence-corrected chi connectivity index (χ3v) is 4.29. The molecule has 2 atom stereocenters. The van der Waals surface area contributed by atoms with Gasteiger partial charge in [0.15, 0.2) is 0 Å². The van der Waals surface area contributed by atoms with Gasteiger partial charge in [0.05, 0.1) is 6.54 Å². The van der Waals surface area contributed by atoms with Gasteiger partial charge in [0.1, 0.15) is 11.6 Å². The number of hydrogen-bond acceptors (Lipinski definition) is 4. The zero-order valence-electron chi connectivity index (χ0n) is 10.9. The SMILES string of the molecule is Cc1nnc(CN2CC3CN(C)CC3C2)n1C. The quantitative estimate of drug-likeness (QED) is 0.729. The summed E-state index contributed by atoms with van der Waals surface area (Å²) in [5.41, 5.74) is 0. The second-order valence-electron chi connectivity index (χ2n) is 5.66. The average Bonchev–Trinajstić information content (AvgIpc) is 2.87. The molecule has 0 radical (unpaired) electrons. The topological polar surface area (TPSA) is 37.2 Å². The zero-order chi connectivity index (χ0) is 12.0. The summed E-state index contributed by atoms with van der Waals surface area (Å²) < 4.78 is 2.10. The lowest BCUT2D eigenvalue weighted by molar-refractivity contribution is 0.264. The predicted molar refractivity (Wildman–Crippen MR) is 65.5 cm³/mol. The van der Waals surface area contributed by atoms with Gasteiger partial charge in [-0.3, -0.25) is 4.90 Å². The Balaban J connectivity index is 1.63. The highest BCUT2D eigenvalue weighted by molar-refractivity contribution is 4.97. The van der Waals surface area contributed by atoms with E-state index in [4.69, 9.17) is 0 Å². The first-order valence-corrected chi connectivity index (χ1v) is 6.39. The number of aryl methyl sites for hydroxylation is 1. The van der Waals surface area contributed by atoms with Gasteiger partial charge < -0.3 is 9.47 Å². The molecule has 2 fully saturated rings. The van der Waals surface area contributed by atoms with Gasteiger partial charge in [0, 0.05) is 33.2 Å². The van der Waals surface area contributed by atoms with Crippen molar-refractivity contribution in [2.75, 3.05) is 33.2 Å². The Morgan fingerprint density at radius 1 is 1.06 bits per heavy atom. The molecule has 0 amide bonds. The molecule has 2 aliphatic heterocycles. The molecule has 2 saturated heterocycles. The summed E-state index contributed by atoms with van der Waals surface area (Å²) in [6.07, 6.45) is 0. The number of likely N-dealkylation sites (tertiary alicyclic amines) is 2. The van der Waals surface area contributed by atoms with Crippen molar-refractivity contribution in [2.45, 2.75) is 13.5 Å². The minimum absolute atomic E-state index is 0.870. The molecule has 5 nitrogen and oxygen atoms in total. The highest BCUT2D eigenvalue weighted by atomic mass is 15.3. The Morgan fingerprint density at radius 2 is 1.71 bits per heavy atom. The molecule has 0 spiro atoms. The Hall–Kier alpha value is -0.940. The van der Waals surface area contributed by atoms with Gasteiger partial charge in [-0.05, 0) is 25.8 Å². The predicted octanol–water partition coefficient (Wildman–Crippen LogP) is 0.117. The van der Waals surface area contributed by atoms with E-state index in [1.54, 1.807) is 0 Å². The molecule has 0 N–H and O–H groups in total. The second-order valence-corrected chi connectivity index (χ2v) is 5.66. The first kappa shape index (κ1) is 11.2. The lowest BCUT2D eigenvalue weighted by Gasteiger charge is -2.18. The van der Waals surface area contributed by atoms with Crippen LogP contribution < -0.4 is 0 Å². The van der Waals surface area contributed by atoms with E-state index < -0.39 is 0 Å². The molecule has 0 bridgehead atoms. The third-order valence-electron chi connectivity index (χ3n) is 4.29. The molecule has 94 valence electrons. The second kappa shape index (κ2) is 4.07. The van der Waals surface area contributed by atoms with E-state index in [0.717, 1.165) is 30.0 Å². The van der Waals surface area contributed by atoms with E-state index in [-0.39, 0.29) is 0 Å². The van der Waals surface area contributed by atoms with Crippen molar-refractivity contribution >= 4 is 0 Å². The van der Waals surface area contributed by atoms with Gasteiger partial charge in [-0.1, -0.05) is 0 Å². The minimum atomic E-state index is 0.870. The van der Waals surface area contributed by atoms with E-state index in [9.17, 15) is 0 Å². The van der Waals surface area contributed by atoms with Crippen LogP contribution >= 0.6 is 0 Å². The van der Waals surface area contributed by atoms with Crippen LogP contribution in [0.5, 0.6) is 0 Å². The smallest absolute Gasteiger partial charge is 0.146 e. The number of nitrogens with zero attached hydrogens (tertiary/aromatic N) is 5. The van der Waals surface area contributed by atoms with Crippen LogP contribution in [-0.4, -0.2) is 57.8 Å². The van der Waals surface area contributed by atoms with Crippen molar-refractivity contribution in [3.8, 4) is 0 Å². The van der Waals surface area contributed by atoms with E-state index in [1.807, 2.05) is 6.92 Å². The molecule has 1 aromatic rings. The number of aromatic nitrogens is 3. The van der Waals surface area contributed by atoms with Gasteiger partial charge in [-0.15, -0.1) is 10.2 Å². The fourth-order valence-corrected chi connectivity index (χ4v) is 3.24. The molecule has 17 heavy (non-hydrogen) atoms. The van der Waals surface area contributed by atoms with Crippen LogP contribution in [0.3, 0.4) is 0 Å². The normalized spacial score (nSPS) is 30.1. The number of hydrogen-bond donors (Lipinski definition) is 0. The summed E-state index contributed by atoms with van der Waals surface area (Å²) in [5, 5.41) is 8.37. The van der Waals surface area contributed by atoms with Gasteiger partial charge in [-0.2, -0.15) is 0 Å². The monoisotopic (exact) mass is 235 g/mol. The first-order valence-electron chi connectivity index (χ1n) is 6.39. The highest BCUT2D eigenvalue weighted by Crippen LogP contribution is 2.30. The molecule has 0 aliphatic carbocycles. The Bertz CT molecular complexity index is 399. The lowest BCUT2D eigenvalue weighted by atomic mass is 10.0. The Morgan fingerprint density at radius 3 is 2.24 bits per heavy atom. The van der Waals surface area contributed by atoms with Crippen molar-refractivity contribution in [3.05, 3.63) is 11.6 Å². The largest absolute Gasteiger partial charge is 0.317 e. The molecule has 3 heterocycles. The molecule has 0 aromatic carbocycles. The van der Waals surface area contributed by atoms with Crippen molar-refractivity contribution < 1.29 is 0 Å². The maximum Gasteiger partial charge on any atom is 0.146 e. The van der Waals surface area contributed by atoms with Crippen LogP contribution in [0, 0.1) is 18.8 Å². The van der Waals surface area contributed by atoms with Gasteiger partial charge in [0.25, 0.3) is 0 Å². The van der Waals surface area contributed by atoms with Crippen LogP contribution in [0.1, 0.15) is 11.6 Å². The van der Waals surface area contributed by atoms with Gasteiger partial charge >= 0.3 is 0 Å². The molecule has 2 unspecified atom stereocenters. The van der Waals surface area contributed by atoms with Crippen molar-refractivity contribution in [2.24, 2.45) is 18.9 Å². The van der Waals surface area contributed by atoms with Gasteiger partial charge in [0.2, 0.25) is 0 Å². The van der Waals surface area contributed by atoms with Crippen LogP contribution in [0.15, 0.2) is 0 Å². The molecular formula is C12H21N5. The summed E-state index contributed by atoms with van der Waals surface area (Å²) in [4.78, 5) is 4.99. The Labute approximate surface area is 102 Å². The van der Waals surface area contributed by atoms with Crippen molar-refractivity contribution in [3.63, 3.8) is 0 Å². The fraction of sp³-hybridized carbons (Fsp3) is 0.833. The standard InChI is InChI=1S/C12H21N5/c1-9-13-14-12(16(9)3)8-17-6-10-4-15(2)5-11(10)7-17/h10-11H,4-8H2,1-3H3.